The van der Waals surface area contributed by atoms with Crippen LogP contribution in [0, 0.1) is 0 Å². The van der Waals surface area contributed by atoms with E-state index < -0.39 is 5.97 Å². The van der Waals surface area contributed by atoms with Crippen LogP contribution in [0.1, 0.15) is 27.5 Å². The lowest BCUT2D eigenvalue weighted by molar-refractivity contribution is -0.121. The van der Waals surface area contributed by atoms with Crippen LogP contribution >= 0.6 is 11.3 Å². The first-order valence-corrected chi connectivity index (χ1v) is 8.06. The Hall–Kier alpha value is -2.61. The van der Waals surface area contributed by atoms with Gasteiger partial charge in [-0.1, -0.05) is 0 Å². The molecule has 0 aliphatic carbocycles. The zero-order valence-corrected chi connectivity index (χ0v) is 14.2. The van der Waals surface area contributed by atoms with Crippen molar-refractivity contribution in [2.24, 2.45) is 0 Å². The summed E-state index contributed by atoms with van der Waals surface area (Å²) in [7, 11) is 3.16. The van der Waals surface area contributed by atoms with Crippen LogP contribution in [0.4, 0.5) is 0 Å². The number of carbonyl (C=O) groups is 2. The summed E-state index contributed by atoms with van der Waals surface area (Å²) in [5, 5.41) is 13.5. The first kappa shape index (κ1) is 17.7. The number of benzene rings is 1. The predicted octanol–water partition coefficient (Wildman–Crippen LogP) is 2.11. The van der Waals surface area contributed by atoms with Gasteiger partial charge >= 0.3 is 5.97 Å². The molecule has 0 radical (unpaired) electrons. The maximum absolute atomic E-state index is 12.0. The van der Waals surface area contributed by atoms with Crippen molar-refractivity contribution in [1.82, 2.24) is 10.3 Å². The number of carboxylic acids is 1. The molecule has 0 saturated carbocycles. The van der Waals surface area contributed by atoms with Crippen molar-refractivity contribution in [2.45, 2.75) is 19.4 Å². The quantitative estimate of drug-likeness (QED) is 0.757. The first-order valence-electron chi connectivity index (χ1n) is 7.18. The predicted molar refractivity (Wildman–Crippen MR) is 88.8 cm³/mol. The van der Waals surface area contributed by atoms with Crippen molar-refractivity contribution in [3.05, 3.63) is 39.8 Å². The van der Waals surface area contributed by atoms with Crippen LogP contribution in [-0.4, -0.2) is 36.2 Å². The Labute approximate surface area is 143 Å². The number of aryl methyl sites for hydroxylation is 1. The monoisotopic (exact) mass is 350 g/mol. The van der Waals surface area contributed by atoms with Gasteiger partial charge in [-0.15, -0.1) is 11.3 Å². The maximum atomic E-state index is 12.0. The van der Waals surface area contributed by atoms with Gasteiger partial charge < -0.3 is 19.9 Å². The Bertz CT molecular complexity index is 729. The number of ether oxygens (including phenoxy) is 2. The van der Waals surface area contributed by atoms with Crippen molar-refractivity contribution in [3.8, 4) is 11.5 Å². The van der Waals surface area contributed by atoms with E-state index in [4.69, 9.17) is 14.6 Å². The number of thiazole rings is 1. The number of hydrogen-bond acceptors (Lipinski definition) is 6. The van der Waals surface area contributed by atoms with Gasteiger partial charge in [-0.3, -0.25) is 4.79 Å². The second kappa shape index (κ2) is 8.30. The van der Waals surface area contributed by atoms with Crippen LogP contribution < -0.4 is 14.8 Å². The van der Waals surface area contributed by atoms with Crippen LogP contribution in [0.25, 0.3) is 0 Å². The van der Waals surface area contributed by atoms with E-state index in [-0.39, 0.29) is 24.6 Å². The average Bonchev–Trinajstić information content (AvgIpc) is 3.07. The molecule has 1 heterocycles. The second-order valence-electron chi connectivity index (χ2n) is 4.89. The van der Waals surface area contributed by atoms with E-state index in [0.29, 0.717) is 22.9 Å². The molecule has 0 aliphatic rings. The molecule has 7 nitrogen and oxygen atoms in total. The molecule has 128 valence electrons. The van der Waals surface area contributed by atoms with E-state index >= 15 is 0 Å². The van der Waals surface area contributed by atoms with Gasteiger partial charge in [-0.2, -0.15) is 0 Å². The third-order valence-electron chi connectivity index (χ3n) is 3.32. The highest BCUT2D eigenvalue weighted by molar-refractivity contribution is 7.09. The van der Waals surface area contributed by atoms with Crippen molar-refractivity contribution in [3.63, 3.8) is 0 Å². The van der Waals surface area contributed by atoms with Gasteiger partial charge in [0.25, 0.3) is 0 Å². The van der Waals surface area contributed by atoms with Gasteiger partial charge in [0, 0.05) is 11.8 Å². The zero-order chi connectivity index (χ0) is 17.5. The van der Waals surface area contributed by atoms with Gasteiger partial charge in [0.15, 0.2) is 5.69 Å². The summed E-state index contributed by atoms with van der Waals surface area (Å²) in [6, 6.07) is 5.44. The molecule has 1 aromatic heterocycles. The summed E-state index contributed by atoms with van der Waals surface area (Å²) in [6.07, 6.45) is 0.783. The van der Waals surface area contributed by atoms with Gasteiger partial charge in [-0.05, 0) is 30.2 Å². The summed E-state index contributed by atoms with van der Waals surface area (Å²) < 4.78 is 10.5. The molecule has 0 unspecified atom stereocenters. The topological polar surface area (TPSA) is 97.8 Å². The normalized spacial score (nSPS) is 10.2. The Morgan fingerprint density at radius 1 is 1.29 bits per heavy atom. The molecular weight excluding hydrogens is 332 g/mol. The summed E-state index contributed by atoms with van der Waals surface area (Å²) in [4.78, 5) is 26.6. The molecule has 0 aliphatic heterocycles. The number of aromatic nitrogens is 1. The summed E-state index contributed by atoms with van der Waals surface area (Å²) in [5.74, 6) is 0.186. The number of hydrogen-bond donors (Lipinski definition) is 2. The number of rotatable bonds is 8. The molecule has 0 bridgehead atoms. The molecule has 0 spiro atoms. The van der Waals surface area contributed by atoms with Crippen molar-refractivity contribution in [1.29, 1.82) is 0 Å². The van der Waals surface area contributed by atoms with Crippen molar-refractivity contribution >= 4 is 23.2 Å². The molecule has 2 N–H and O–H groups in total. The van der Waals surface area contributed by atoms with E-state index in [1.165, 1.54) is 16.7 Å². The van der Waals surface area contributed by atoms with Crippen LogP contribution in [0.2, 0.25) is 0 Å². The molecule has 0 saturated heterocycles. The van der Waals surface area contributed by atoms with E-state index in [0.717, 1.165) is 5.56 Å². The minimum Gasteiger partial charge on any atom is -0.497 e. The lowest BCUT2D eigenvalue weighted by Gasteiger charge is -2.10. The second-order valence-corrected chi connectivity index (χ2v) is 5.83. The fraction of sp³-hybridized carbons (Fsp3) is 0.312. The number of carbonyl (C=O) groups excluding carboxylic acids is 1. The van der Waals surface area contributed by atoms with E-state index in [1.54, 1.807) is 26.4 Å². The van der Waals surface area contributed by atoms with Gasteiger partial charge in [-0.25, -0.2) is 9.78 Å². The Balaban J connectivity index is 1.87. The summed E-state index contributed by atoms with van der Waals surface area (Å²) in [5.41, 5.74) is 0.875. The van der Waals surface area contributed by atoms with Crippen LogP contribution in [0.5, 0.6) is 11.5 Å². The maximum Gasteiger partial charge on any atom is 0.355 e. The van der Waals surface area contributed by atoms with Crippen LogP contribution in [0.3, 0.4) is 0 Å². The van der Waals surface area contributed by atoms with Gasteiger partial charge in [0.05, 0.1) is 20.8 Å². The zero-order valence-electron chi connectivity index (χ0n) is 13.4. The van der Waals surface area contributed by atoms with Crippen LogP contribution in [-0.2, 0) is 17.8 Å². The number of nitrogens with one attached hydrogen (secondary N) is 1. The third-order valence-corrected chi connectivity index (χ3v) is 4.17. The highest BCUT2D eigenvalue weighted by Crippen LogP contribution is 2.25. The lowest BCUT2D eigenvalue weighted by atomic mass is 10.1. The lowest BCUT2D eigenvalue weighted by Crippen LogP contribution is -2.23. The van der Waals surface area contributed by atoms with Crippen molar-refractivity contribution < 1.29 is 24.2 Å². The van der Waals surface area contributed by atoms with Crippen molar-refractivity contribution in [2.75, 3.05) is 14.2 Å². The van der Waals surface area contributed by atoms with Crippen LogP contribution in [0.15, 0.2) is 23.6 Å². The SMILES string of the molecule is COc1ccc(OC)c(CCC(=O)NCc2nc(C(=O)O)cs2)c1. The van der Waals surface area contributed by atoms with E-state index in [1.807, 2.05) is 6.07 Å². The Kier molecular flexibility index (Phi) is 6.14. The molecule has 24 heavy (non-hydrogen) atoms. The summed E-state index contributed by atoms with van der Waals surface area (Å²) >= 11 is 1.20. The Morgan fingerprint density at radius 3 is 2.71 bits per heavy atom. The minimum atomic E-state index is -1.08. The molecular formula is C16H18N2O5S. The fourth-order valence-electron chi connectivity index (χ4n) is 2.08. The number of methoxy groups -OCH3 is 2. The van der Waals surface area contributed by atoms with Gasteiger partial charge in [0.1, 0.15) is 16.5 Å². The van der Waals surface area contributed by atoms with Gasteiger partial charge in [0.2, 0.25) is 5.91 Å². The Morgan fingerprint density at radius 2 is 2.08 bits per heavy atom. The number of carboxylic acid groups (broad SMARTS) is 1. The fourth-order valence-corrected chi connectivity index (χ4v) is 2.79. The third kappa shape index (κ3) is 4.69. The highest BCUT2D eigenvalue weighted by Gasteiger charge is 2.11. The minimum absolute atomic E-state index is 0.00892. The molecule has 2 aromatic rings. The number of amides is 1. The molecule has 0 atom stereocenters. The van der Waals surface area contributed by atoms with E-state index in [9.17, 15) is 9.59 Å². The standard InChI is InChI=1S/C16H18N2O5S/c1-22-11-4-5-13(23-2)10(7-11)3-6-14(19)17-8-15-18-12(9-24-15)16(20)21/h4-5,7,9H,3,6,8H2,1-2H3,(H,17,19)(H,20,21). The highest BCUT2D eigenvalue weighted by atomic mass is 32.1. The molecule has 1 amide bonds. The summed E-state index contributed by atoms with van der Waals surface area (Å²) in [6.45, 7) is 0.214. The molecule has 2 rings (SSSR count). The van der Waals surface area contributed by atoms with E-state index in [2.05, 4.69) is 10.3 Å². The largest absolute Gasteiger partial charge is 0.497 e. The molecule has 1 aromatic carbocycles. The first-order chi connectivity index (χ1) is 11.5. The molecule has 0 fully saturated rings. The smallest absolute Gasteiger partial charge is 0.355 e. The average molecular weight is 350 g/mol. The molecule has 8 heteroatoms. The number of nitrogens with zero attached hydrogens (tertiary/aromatic N) is 1. The number of aromatic carboxylic acids is 1.